The van der Waals surface area contributed by atoms with Gasteiger partial charge in [-0.15, -0.1) is 0 Å². The number of halogens is 3. The highest BCUT2D eigenvalue weighted by Gasteiger charge is 2.30. The lowest BCUT2D eigenvalue weighted by molar-refractivity contribution is -0.380. The van der Waals surface area contributed by atoms with E-state index in [2.05, 4.69) is 10.3 Å². The number of nitrogens with one attached hydrogen (secondary N) is 2. The predicted molar refractivity (Wildman–Crippen MR) is 85.2 cm³/mol. The number of nitrogen functional groups attached to an aromatic ring is 1. The molecule has 0 aliphatic carbocycles. The lowest BCUT2D eigenvalue weighted by atomic mass is 10.1. The van der Waals surface area contributed by atoms with Gasteiger partial charge in [0.25, 0.3) is 11.1 Å². The quantitative estimate of drug-likeness (QED) is 0.632. The lowest BCUT2D eigenvalue weighted by Gasteiger charge is -2.22. The first kappa shape index (κ1) is 18.8. The third-order valence-electron chi connectivity index (χ3n) is 2.48. The molecule has 0 radical (unpaired) electrons. The van der Waals surface area contributed by atoms with Gasteiger partial charge in [0.15, 0.2) is 6.10 Å². The first-order chi connectivity index (χ1) is 9.94. The number of hydrogen-bond acceptors (Lipinski definition) is 4. The van der Waals surface area contributed by atoms with Crippen LogP contribution in [0, 0.1) is 0 Å². The van der Waals surface area contributed by atoms with Crippen LogP contribution in [0.15, 0.2) is 0 Å². The van der Waals surface area contributed by atoms with E-state index < -0.39 is 23.5 Å². The molecule has 1 rings (SSSR count). The van der Waals surface area contributed by atoms with E-state index >= 15 is 0 Å². The van der Waals surface area contributed by atoms with Crippen LogP contribution in [0.1, 0.15) is 38.2 Å². The van der Waals surface area contributed by atoms with E-state index in [0.717, 1.165) is 0 Å². The van der Waals surface area contributed by atoms with Crippen molar-refractivity contribution in [3.05, 3.63) is 20.9 Å². The highest BCUT2D eigenvalue weighted by molar-refractivity contribution is 6.45. The largest absolute Gasteiger partial charge is 0.445 e. The van der Waals surface area contributed by atoms with Crippen LogP contribution in [0.4, 0.5) is 5.69 Å². The van der Waals surface area contributed by atoms with E-state index in [4.69, 9.17) is 45.3 Å². The number of pyridine rings is 1. The molecule has 0 aromatic carbocycles. The number of ether oxygens (including phenoxy) is 1. The summed E-state index contributed by atoms with van der Waals surface area (Å²) in [6.07, 6.45) is -1.02. The number of aromatic amines is 1. The van der Waals surface area contributed by atoms with Crippen molar-refractivity contribution in [2.45, 2.75) is 39.3 Å². The molecule has 1 heterocycles. The molecule has 0 saturated heterocycles. The van der Waals surface area contributed by atoms with Crippen LogP contribution < -0.4 is 16.0 Å². The summed E-state index contributed by atoms with van der Waals surface area (Å²) in [6, 6.07) is 0. The molecule has 0 bridgehead atoms. The molecular formula is C13H17Cl3N3O3+. The molecule has 0 spiro atoms. The molecule has 9 heteroatoms. The first-order valence-corrected chi connectivity index (χ1v) is 7.45. The molecule has 0 aliphatic rings. The Hall–Kier alpha value is -1.24. The van der Waals surface area contributed by atoms with E-state index in [9.17, 15) is 9.59 Å². The molecule has 6 nitrogen and oxygen atoms in total. The number of esters is 1. The van der Waals surface area contributed by atoms with Gasteiger partial charge in [0, 0.05) is 5.54 Å². The summed E-state index contributed by atoms with van der Waals surface area (Å²) in [4.78, 5) is 26.5. The van der Waals surface area contributed by atoms with Crippen molar-refractivity contribution in [1.82, 2.24) is 5.32 Å². The molecule has 122 valence electrons. The Labute approximate surface area is 143 Å². The number of carbonyl (C=O) groups is 2. The molecule has 0 aliphatic heterocycles. The van der Waals surface area contributed by atoms with E-state index in [-0.39, 0.29) is 26.6 Å². The van der Waals surface area contributed by atoms with Crippen molar-refractivity contribution in [2.75, 3.05) is 5.73 Å². The summed E-state index contributed by atoms with van der Waals surface area (Å²) in [5.41, 5.74) is 4.96. The smallest absolute Gasteiger partial charge is 0.406 e. The second-order valence-corrected chi connectivity index (χ2v) is 6.78. The molecule has 22 heavy (non-hydrogen) atoms. The monoisotopic (exact) mass is 368 g/mol. The highest BCUT2D eigenvalue weighted by Crippen LogP contribution is 2.32. The first-order valence-electron chi connectivity index (χ1n) is 6.32. The van der Waals surface area contributed by atoms with Crippen LogP contribution in [0.2, 0.25) is 15.2 Å². The van der Waals surface area contributed by atoms with Crippen LogP contribution in [-0.4, -0.2) is 23.5 Å². The number of aromatic nitrogens is 1. The number of anilines is 1. The Morgan fingerprint density at radius 3 is 2.27 bits per heavy atom. The fourth-order valence-electron chi connectivity index (χ4n) is 1.45. The summed E-state index contributed by atoms with van der Waals surface area (Å²) in [7, 11) is 0. The summed E-state index contributed by atoms with van der Waals surface area (Å²) >= 11 is 17.5. The minimum Gasteiger partial charge on any atom is -0.445 e. The van der Waals surface area contributed by atoms with Crippen LogP contribution >= 0.6 is 34.8 Å². The van der Waals surface area contributed by atoms with Crippen molar-refractivity contribution < 1.29 is 19.3 Å². The zero-order valence-corrected chi connectivity index (χ0v) is 14.8. The van der Waals surface area contributed by atoms with Crippen LogP contribution in [-0.2, 0) is 9.53 Å². The van der Waals surface area contributed by atoms with Crippen LogP contribution in [0.25, 0.3) is 0 Å². The number of carbonyl (C=O) groups excluding carboxylic acids is 2. The minimum atomic E-state index is -1.02. The van der Waals surface area contributed by atoms with Crippen LogP contribution in [0.3, 0.4) is 0 Å². The Balaban J connectivity index is 2.93. The highest BCUT2D eigenvalue weighted by atomic mass is 35.5. The zero-order valence-electron chi connectivity index (χ0n) is 12.5. The van der Waals surface area contributed by atoms with Gasteiger partial charge in [-0.1, -0.05) is 23.2 Å². The summed E-state index contributed by atoms with van der Waals surface area (Å²) < 4.78 is 5.05. The molecule has 1 atom stereocenters. The molecule has 0 saturated carbocycles. The zero-order chi connectivity index (χ0) is 17.2. The Morgan fingerprint density at radius 1 is 1.23 bits per heavy atom. The second kappa shape index (κ2) is 6.89. The number of H-pyrrole nitrogens is 1. The average molecular weight is 370 g/mol. The molecule has 4 N–H and O–H groups in total. The van der Waals surface area contributed by atoms with Gasteiger partial charge in [0.05, 0.1) is 5.69 Å². The molecule has 0 fully saturated rings. The van der Waals surface area contributed by atoms with E-state index in [1.54, 1.807) is 0 Å². The molecule has 0 unspecified atom stereocenters. The van der Waals surface area contributed by atoms with Gasteiger partial charge in [-0.05, 0) is 39.3 Å². The third kappa shape index (κ3) is 4.63. The van der Waals surface area contributed by atoms with Crippen molar-refractivity contribution in [1.29, 1.82) is 0 Å². The predicted octanol–water partition coefficient (Wildman–Crippen LogP) is 2.50. The maximum absolute atomic E-state index is 12.1. The third-order valence-corrected chi connectivity index (χ3v) is 3.64. The molecule has 1 aromatic rings. The standard InChI is InChI=1S/C13H16Cl3N3O3/c1-5(11(20)19-13(2,3)4)22-12(21)9-6(14)8(17)7(15)10(16)18-9/h5H,1-4H3,(H2,17,18)(H,19,20)/p+1/t5-/m0/s1. The van der Waals surface area contributed by atoms with Gasteiger partial charge in [0.1, 0.15) is 10.0 Å². The van der Waals surface area contributed by atoms with Gasteiger partial charge in [-0.3, -0.25) is 4.79 Å². The fourth-order valence-corrected chi connectivity index (χ4v) is 2.06. The Kier molecular flexibility index (Phi) is 5.89. The maximum atomic E-state index is 12.1. The molecular weight excluding hydrogens is 353 g/mol. The topological polar surface area (TPSA) is 95.6 Å². The van der Waals surface area contributed by atoms with Gasteiger partial charge >= 0.3 is 11.7 Å². The molecule has 1 aromatic heterocycles. The number of rotatable bonds is 3. The minimum absolute atomic E-state index is 0.00161. The lowest BCUT2D eigenvalue weighted by Crippen LogP contribution is -2.46. The maximum Gasteiger partial charge on any atom is 0.406 e. The van der Waals surface area contributed by atoms with E-state index in [0.29, 0.717) is 0 Å². The van der Waals surface area contributed by atoms with Gasteiger partial charge < -0.3 is 15.8 Å². The fraction of sp³-hybridized carbons (Fsp3) is 0.462. The number of amides is 1. The van der Waals surface area contributed by atoms with E-state index in [1.807, 2.05) is 20.8 Å². The normalized spacial score (nSPS) is 12.7. The van der Waals surface area contributed by atoms with Gasteiger partial charge in [-0.25, -0.2) is 4.79 Å². The average Bonchev–Trinajstić information content (AvgIpc) is 2.38. The second-order valence-electron chi connectivity index (χ2n) is 5.64. The Morgan fingerprint density at radius 2 is 1.77 bits per heavy atom. The van der Waals surface area contributed by atoms with Crippen molar-refractivity contribution in [2.24, 2.45) is 0 Å². The van der Waals surface area contributed by atoms with Crippen LogP contribution in [0.5, 0.6) is 0 Å². The summed E-state index contributed by atoms with van der Waals surface area (Å²) in [6.45, 7) is 6.87. The number of nitrogens with two attached hydrogens (primary N) is 1. The SMILES string of the molecule is C[C@H](OC(=O)c1[nH+]c(Cl)c(Cl)c(N)c1Cl)C(=O)NC(C)(C)C. The van der Waals surface area contributed by atoms with E-state index in [1.165, 1.54) is 6.92 Å². The van der Waals surface area contributed by atoms with Gasteiger partial charge in [-0.2, -0.15) is 4.98 Å². The van der Waals surface area contributed by atoms with Crippen molar-refractivity contribution in [3.8, 4) is 0 Å². The number of hydrogen-bond donors (Lipinski definition) is 2. The summed E-state index contributed by atoms with van der Waals surface area (Å²) in [5.74, 6) is -1.31. The summed E-state index contributed by atoms with van der Waals surface area (Å²) in [5, 5.41) is 2.52. The Bertz CT molecular complexity index is 615. The van der Waals surface area contributed by atoms with Crippen molar-refractivity contribution >= 4 is 52.4 Å². The van der Waals surface area contributed by atoms with Crippen molar-refractivity contribution in [3.63, 3.8) is 0 Å². The van der Waals surface area contributed by atoms with Gasteiger partial charge in [0.2, 0.25) is 0 Å². The molecule has 1 amide bonds.